The Balaban J connectivity index is 0.000000429. The fourth-order valence-corrected chi connectivity index (χ4v) is 5.53. The van der Waals surface area contributed by atoms with Gasteiger partial charge in [0.05, 0.1) is 17.3 Å². The number of nitrogens with two attached hydrogens (primary N) is 1. The molecule has 0 aliphatic heterocycles. The van der Waals surface area contributed by atoms with E-state index < -0.39 is 11.9 Å². The van der Waals surface area contributed by atoms with Gasteiger partial charge in [0.1, 0.15) is 0 Å². The first kappa shape index (κ1) is 25.9. The Hall–Kier alpha value is 0.920. The lowest BCUT2D eigenvalue weighted by Crippen LogP contribution is -2.33. The van der Waals surface area contributed by atoms with Gasteiger partial charge in [0.15, 0.2) is 0 Å². The summed E-state index contributed by atoms with van der Waals surface area (Å²) >= 11 is 11.4. The molecule has 0 heterocycles. The average molecular weight is 635 g/mol. The number of carbonyl (C=O) groups excluding carboxylic acids is 1. The van der Waals surface area contributed by atoms with Crippen LogP contribution in [-0.2, 0) is 14.4 Å². The molecular formula is C14H23I2NO5S3. The van der Waals surface area contributed by atoms with E-state index in [2.05, 4.69) is 63.5 Å². The molecule has 4 N–H and O–H groups in total. The summed E-state index contributed by atoms with van der Waals surface area (Å²) in [4.78, 5) is 30.1. The Morgan fingerprint density at radius 1 is 0.920 bits per heavy atom. The molecule has 4 unspecified atom stereocenters. The van der Waals surface area contributed by atoms with Crippen molar-refractivity contribution in [3.05, 3.63) is 0 Å². The van der Waals surface area contributed by atoms with Crippen LogP contribution in [-0.4, -0.2) is 63.7 Å². The van der Waals surface area contributed by atoms with Crippen molar-refractivity contribution >= 4 is 99.2 Å². The summed E-state index contributed by atoms with van der Waals surface area (Å²) in [7, 11) is 0. The maximum absolute atomic E-state index is 10.3. The summed E-state index contributed by atoms with van der Waals surface area (Å²) in [5.41, 5.74) is 4.58. The first-order valence-corrected chi connectivity index (χ1v) is 12.7. The molecule has 0 aromatic carbocycles. The van der Waals surface area contributed by atoms with Crippen LogP contribution in [0.15, 0.2) is 0 Å². The van der Waals surface area contributed by atoms with E-state index in [-0.39, 0.29) is 23.2 Å². The maximum Gasteiger partial charge on any atom is 0.313 e. The summed E-state index contributed by atoms with van der Waals surface area (Å²) in [5, 5.41) is 17.6. The number of alkyl halides is 2. The van der Waals surface area contributed by atoms with Crippen LogP contribution in [0.1, 0.15) is 25.7 Å². The van der Waals surface area contributed by atoms with Crippen LogP contribution in [0.25, 0.3) is 0 Å². The molecule has 2 aliphatic rings. The zero-order chi connectivity index (χ0) is 19.4. The van der Waals surface area contributed by atoms with E-state index >= 15 is 0 Å². The monoisotopic (exact) mass is 635 g/mol. The van der Waals surface area contributed by atoms with E-state index in [1.165, 1.54) is 36.4 Å². The second-order valence-electron chi connectivity index (χ2n) is 5.30. The third-order valence-corrected chi connectivity index (χ3v) is 10.9. The van der Waals surface area contributed by atoms with Gasteiger partial charge >= 0.3 is 11.9 Å². The molecule has 0 spiro atoms. The molecule has 4 atom stereocenters. The number of thioether (sulfide) groups is 2. The topological polar surface area (TPSA) is 118 Å². The van der Waals surface area contributed by atoms with Crippen LogP contribution in [0.3, 0.4) is 0 Å². The molecule has 0 radical (unpaired) electrons. The van der Waals surface area contributed by atoms with Crippen LogP contribution >= 0.6 is 81.3 Å². The molecule has 6 nitrogen and oxygen atoms in total. The quantitative estimate of drug-likeness (QED) is 0.193. The smallest absolute Gasteiger partial charge is 0.313 e. The minimum absolute atomic E-state index is 0.120. The summed E-state index contributed by atoms with van der Waals surface area (Å²) < 4.78 is 1.98. The zero-order valence-electron chi connectivity index (χ0n) is 13.5. The van der Waals surface area contributed by atoms with Crippen molar-refractivity contribution in [3.8, 4) is 0 Å². The van der Waals surface area contributed by atoms with Crippen molar-refractivity contribution in [1.29, 1.82) is 0 Å². The van der Waals surface area contributed by atoms with E-state index in [9.17, 15) is 14.4 Å². The molecule has 0 aromatic rings. The van der Waals surface area contributed by atoms with E-state index in [0.29, 0.717) is 10.5 Å². The lowest BCUT2D eigenvalue weighted by molar-refractivity contribution is -0.135. The average Bonchev–Trinajstić information content (AvgIpc) is 2.52. The Kier molecular flexibility index (Phi) is 15.5. The SMILES string of the molecule is IC1CCC1I.NC(=O)CS.O=C(O)CSC1CCC1SCC(=O)O. The van der Waals surface area contributed by atoms with Crippen LogP contribution in [0, 0.1) is 0 Å². The van der Waals surface area contributed by atoms with Gasteiger partial charge in [-0.25, -0.2) is 0 Å². The van der Waals surface area contributed by atoms with Gasteiger partial charge in [-0.15, -0.1) is 23.5 Å². The zero-order valence-corrected chi connectivity index (χ0v) is 20.3. The van der Waals surface area contributed by atoms with Crippen molar-refractivity contribution in [2.75, 3.05) is 17.3 Å². The van der Waals surface area contributed by atoms with Crippen LogP contribution in [0.2, 0.25) is 0 Å². The third-order valence-electron chi connectivity index (χ3n) is 3.26. The van der Waals surface area contributed by atoms with E-state index in [0.717, 1.165) is 20.7 Å². The molecule has 146 valence electrons. The lowest BCUT2D eigenvalue weighted by Gasteiger charge is -2.34. The van der Waals surface area contributed by atoms with Gasteiger partial charge in [0.2, 0.25) is 5.91 Å². The minimum atomic E-state index is -0.802. The minimum Gasteiger partial charge on any atom is -0.481 e. The van der Waals surface area contributed by atoms with Crippen molar-refractivity contribution in [3.63, 3.8) is 0 Å². The second-order valence-corrected chi connectivity index (χ2v) is 11.3. The van der Waals surface area contributed by atoms with Crippen molar-refractivity contribution in [2.45, 2.75) is 44.0 Å². The normalized spacial score (nSPS) is 26.5. The van der Waals surface area contributed by atoms with Gasteiger partial charge in [-0.05, 0) is 25.7 Å². The predicted octanol–water partition coefficient (Wildman–Crippen LogP) is 2.94. The largest absolute Gasteiger partial charge is 0.481 e. The number of thiol groups is 1. The second kappa shape index (κ2) is 14.9. The number of hydrogen-bond acceptors (Lipinski definition) is 6. The van der Waals surface area contributed by atoms with Gasteiger partial charge in [-0.3, -0.25) is 14.4 Å². The summed E-state index contributed by atoms with van der Waals surface area (Å²) in [5.74, 6) is -1.61. The van der Waals surface area contributed by atoms with Crippen LogP contribution in [0.5, 0.6) is 0 Å². The molecule has 11 heteroatoms. The molecule has 2 fully saturated rings. The number of halogens is 2. The number of carboxylic acid groups (broad SMARTS) is 2. The van der Waals surface area contributed by atoms with E-state index in [4.69, 9.17) is 10.2 Å². The Labute approximate surface area is 189 Å². The Bertz CT molecular complexity index is 413. The number of hydrogen-bond donors (Lipinski definition) is 4. The molecule has 25 heavy (non-hydrogen) atoms. The fraction of sp³-hybridized carbons (Fsp3) is 0.786. The van der Waals surface area contributed by atoms with E-state index in [1.807, 2.05) is 0 Å². The third kappa shape index (κ3) is 13.7. The van der Waals surface area contributed by atoms with Gasteiger partial charge in [-0.2, -0.15) is 12.6 Å². The van der Waals surface area contributed by atoms with Gasteiger partial charge < -0.3 is 15.9 Å². The Morgan fingerprint density at radius 2 is 1.24 bits per heavy atom. The summed E-state index contributed by atoms with van der Waals surface area (Å²) in [6.45, 7) is 0. The highest BCUT2D eigenvalue weighted by Gasteiger charge is 2.32. The van der Waals surface area contributed by atoms with Gasteiger partial charge in [0.25, 0.3) is 0 Å². The van der Waals surface area contributed by atoms with Crippen molar-refractivity contribution in [2.24, 2.45) is 5.73 Å². The number of amides is 1. The highest BCUT2D eigenvalue weighted by molar-refractivity contribution is 14.1. The first-order valence-electron chi connectivity index (χ1n) is 7.51. The van der Waals surface area contributed by atoms with Gasteiger partial charge in [-0.1, -0.05) is 45.2 Å². The standard InChI is InChI=1S/C8H12O4S2.C4H6I2.C2H5NOS/c9-7(10)3-13-5-1-2-6(5)14-4-8(11)12;5-3-1-2-4(3)6;3-2(4)1-5/h5-6H,1-4H2,(H,9,10)(H,11,12);3-4H,1-2H2;5H,1H2,(H2,3,4). The maximum atomic E-state index is 10.3. The number of rotatable bonds is 7. The van der Waals surface area contributed by atoms with Gasteiger partial charge in [0, 0.05) is 18.3 Å². The molecule has 0 aromatic heterocycles. The first-order chi connectivity index (χ1) is 11.7. The predicted molar refractivity (Wildman–Crippen MR) is 125 cm³/mol. The molecular weight excluding hydrogens is 612 g/mol. The molecule has 1 amide bonds. The fourth-order valence-electron chi connectivity index (χ4n) is 1.60. The number of carboxylic acids is 2. The molecule has 0 saturated heterocycles. The Morgan fingerprint density at radius 3 is 1.36 bits per heavy atom. The number of aliphatic carboxylic acids is 2. The summed E-state index contributed by atoms with van der Waals surface area (Å²) in [6, 6.07) is 0. The highest BCUT2D eigenvalue weighted by Crippen LogP contribution is 2.39. The van der Waals surface area contributed by atoms with Crippen molar-refractivity contribution in [1.82, 2.24) is 0 Å². The van der Waals surface area contributed by atoms with Crippen LogP contribution < -0.4 is 5.73 Å². The summed E-state index contributed by atoms with van der Waals surface area (Å²) in [6.07, 6.45) is 4.92. The van der Waals surface area contributed by atoms with E-state index in [1.54, 1.807) is 0 Å². The number of carbonyl (C=O) groups is 3. The molecule has 2 rings (SSSR count). The lowest BCUT2D eigenvalue weighted by atomic mass is 9.99. The molecule has 0 bridgehead atoms. The van der Waals surface area contributed by atoms with Crippen LogP contribution in [0.4, 0.5) is 0 Å². The highest BCUT2D eigenvalue weighted by atomic mass is 127. The molecule has 2 saturated carbocycles. The molecule has 2 aliphatic carbocycles. The van der Waals surface area contributed by atoms with Crippen molar-refractivity contribution < 1.29 is 24.6 Å². The number of primary amides is 1.